The molecule has 1 fully saturated rings. The fourth-order valence-corrected chi connectivity index (χ4v) is 5.72. The van der Waals surface area contributed by atoms with Gasteiger partial charge in [0.15, 0.2) is 5.78 Å². The third-order valence-corrected chi connectivity index (χ3v) is 8.42. The Balaban J connectivity index is 3.12. The Hall–Kier alpha value is -2.62. The van der Waals surface area contributed by atoms with E-state index in [1.165, 1.54) is 25.7 Å². The Labute approximate surface area is 291 Å². The Morgan fingerprint density at radius 2 is 1.06 bits per heavy atom. The lowest BCUT2D eigenvalue weighted by Gasteiger charge is -2.30. The van der Waals surface area contributed by atoms with Crippen LogP contribution in [-0.2, 0) is 47.7 Å². The van der Waals surface area contributed by atoms with Crippen LogP contribution >= 0.6 is 0 Å². The van der Waals surface area contributed by atoms with Gasteiger partial charge in [0.2, 0.25) is 17.6 Å². The van der Waals surface area contributed by atoms with Crippen LogP contribution in [0.1, 0.15) is 122 Å². The zero-order chi connectivity index (χ0) is 36.3. The topological polar surface area (TPSA) is 215 Å². The predicted molar refractivity (Wildman–Crippen MR) is 181 cm³/mol. The smallest absolute Gasteiger partial charge is 0.326 e. The highest BCUT2D eigenvalue weighted by atomic mass is 16.7. The molecule has 0 bridgehead atoms. The Bertz CT molecular complexity index is 963. The molecule has 1 saturated heterocycles. The fraction of sp³-hybridized carbons (Fsp3) is 0.829. The summed E-state index contributed by atoms with van der Waals surface area (Å²) < 4.78 is 21.6. The van der Waals surface area contributed by atoms with Crippen LogP contribution < -0.4 is 11.5 Å². The van der Waals surface area contributed by atoms with Crippen molar-refractivity contribution in [2.45, 2.75) is 134 Å². The molecule has 0 unspecified atom stereocenters. The molecule has 5 N–H and O–H groups in total. The van der Waals surface area contributed by atoms with E-state index in [1.54, 1.807) is 0 Å². The highest BCUT2D eigenvalue weighted by Crippen LogP contribution is 2.22. The van der Waals surface area contributed by atoms with E-state index < -0.39 is 59.8 Å². The first-order chi connectivity index (χ1) is 23.6. The quantitative estimate of drug-likeness (QED) is 0.0548. The number of carboxylic acids is 1. The predicted octanol–water partition coefficient (Wildman–Crippen LogP) is 3.24. The van der Waals surface area contributed by atoms with Crippen LogP contribution in [0.3, 0.4) is 0 Å². The summed E-state index contributed by atoms with van der Waals surface area (Å²) in [6, 6.07) is -1.67. The minimum absolute atomic E-state index is 0.00399. The number of hydrogen-bond acceptors (Lipinski definition) is 12. The number of nitrogens with zero attached hydrogens (tertiary/aromatic N) is 1. The van der Waals surface area contributed by atoms with Gasteiger partial charge >= 0.3 is 5.97 Å². The van der Waals surface area contributed by atoms with E-state index in [4.69, 9.17) is 30.4 Å². The van der Waals surface area contributed by atoms with Crippen molar-refractivity contribution in [1.82, 2.24) is 4.90 Å². The van der Waals surface area contributed by atoms with E-state index in [0.717, 1.165) is 63.2 Å². The lowest BCUT2D eigenvalue weighted by atomic mass is 9.97. The average molecular weight is 700 g/mol. The third kappa shape index (κ3) is 17.7. The second kappa shape index (κ2) is 27.1. The van der Waals surface area contributed by atoms with Crippen LogP contribution in [0.4, 0.5) is 0 Å². The SMILES string of the molecule is CC(=O)C(OCCOCCN)(OCCOCCN)C(=O)C(=O)CC[C@@H](C(=O)O)N1C(=O)CCCCCCCCCCCCCCCCC1=O. The first-order valence-corrected chi connectivity index (χ1v) is 18.1. The zero-order valence-corrected chi connectivity index (χ0v) is 29.6. The number of hydrogen-bond donors (Lipinski definition) is 3. The van der Waals surface area contributed by atoms with Crippen molar-refractivity contribution in [1.29, 1.82) is 0 Å². The Kier molecular flexibility index (Phi) is 24.6. The van der Waals surface area contributed by atoms with E-state index in [2.05, 4.69) is 0 Å². The van der Waals surface area contributed by atoms with Gasteiger partial charge in [-0.2, -0.15) is 0 Å². The summed E-state index contributed by atoms with van der Waals surface area (Å²) in [6.45, 7) is 1.19. The van der Waals surface area contributed by atoms with E-state index >= 15 is 0 Å². The molecule has 1 heterocycles. The third-order valence-electron chi connectivity index (χ3n) is 8.42. The molecule has 14 heteroatoms. The van der Waals surface area contributed by atoms with Gasteiger partial charge in [0.05, 0.1) is 39.6 Å². The molecule has 0 aromatic heterocycles. The number of carboxylic acid groups (broad SMARTS) is 1. The number of nitrogens with two attached hydrogens (primary N) is 2. The summed E-state index contributed by atoms with van der Waals surface area (Å²) >= 11 is 0. The van der Waals surface area contributed by atoms with Crippen LogP contribution in [0.5, 0.6) is 0 Å². The fourth-order valence-electron chi connectivity index (χ4n) is 5.72. The summed E-state index contributed by atoms with van der Waals surface area (Å²) in [6.07, 6.45) is 12.5. The van der Waals surface area contributed by atoms with Gasteiger partial charge in [0, 0.05) is 39.3 Å². The largest absolute Gasteiger partial charge is 0.480 e. The number of aliphatic carboxylic acids is 1. The van der Waals surface area contributed by atoms with Gasteiger partial charge in [-0.25, -0.2) is 4.79 Å². The molecule has 282 valence electrons. The second-order valence-electron chi connectivity index (χ2n) is 12.4. The molecular weight excluding hydrogens is 638 g/mol. The van der Waals surface area contributed by atoms with Gasteiger partial charge < -0.3 is 35.5 Å². The highest BCUT2D eigenvalue weighted by Gasteiger charge is 2.49. The number of carbonyl (C=O) groups excluding carboxylic acids is 5. The average Bonchev–Trinajstić information content (AvgIpc) is 3.07. The van der Waals surface area contributed by atoms with Gasteiger partial charge in [-0.15, -0.1) is 0 Å². The zero-order valence-electron chi connectivity index (χ0n) is 29.6. The molecule has 0 saturated carbocycles. The van der Waals surface area contributed by atoms with Crippen molar-refractivity contribution < 1.29 is 52.8 Å². The standard InChI is InChI=1S/C35H61N3O11/c1-28(39)35(48-26-24-46-22-20-36,49-27-25-47-23-21-37)33(43)30(40)19-18-29(34(44)45)38-31(41)16-14-12-10-8-6-4-2-3-5-7-9-11-13-15-17-32(38)42/h29H,2-27,36-37H2,1H3,(H,44,45)/t29-/m0/s1. The summed E-state index contributed by atoms with van der Waals surface area (Å²) in [5.41, 5.74) is 10.8. The van der Waals surface area contributed by atoms with Gasteiger partial charge in [0.1, 0.15) is 6.04 Å². The molecule has 1 rings (SSSR count). The maximum atomic E-state index is 13.5. The van der Waals surface area contributed by atoms with E-state index in [0.29, 0.717) is 12.8 Å². The Morgan fingerprint density at radius 3 is 1.41 bits per heavy atom. The van der Waals surface area contributed by atoms with Gasteiger partial charge in [-0.1, -0.05) is 77.0 Å². The number of rotatable bonds is 20. The van der Waals surface area contributed by atoms with E-state index in [9.17, 15) is 33.9 Å². The number of carbonyl (C=O) groups is 6. The molecule has 0 aromatic carbocycles. The Morgan fingerprint density at radius 1 is 0.673 bits per heavy atom. The molecule has 0 aromatic rings. The maximum Gasteiger partial charge on any atom is 0.326 e. The number of ketones is 3. The molecule has 14 nitrogen and oxygen atoms in total. The number of ether oxygens (including phenoxy) is 4. The molecule has 2 amide bonds. The lowest BCUT2D eigenvalue weighted by Crippen LogP contribution is -2.55. The van der Waals surface area contributed by atoms with Crippen molar-refractivity contribution in [3.05, 3.63) is 0 Å². The van der Waals surface area contributed by atoms with Crippen molar-refractivity contribution in [2.24, 2.45) is 11.5 Å². The molecule has 1 atom stereocenters. The summed E-state index contributed by atoms with van der Waals surface area (Å²) in [5.74, 6) is -8.73. The van der Waals surface area contributed by atoms with Crippen LogP contribution in [-0.4, -0.2) is 110 Å². The first-order valence-electron chi connectivity index (χ1n) is 18.1. The molecule has 1 aliphatic rings. The molecule has 0 radical (unpaired) electrons. The van der Waals surface area contributed by atoms with Crippen LogP contribution in [0.15, 0.2) is 0 Å². The first kappa shape index (κ1) is 44.4. The molecular formula is C35H61N3O11. The summed E-state index contributed by atoms with van der Waals surface area (Å²) in [4.78, 5) is 79.7. The molecule has 0 aliphatic carbocycles. The van der Waals surface area contributed by atoms with Crippen molar-refractivity contribution in [2.75, 3.05) is 52.7 Å². The minimum atomic E-state index is -2.63. The number of amides is 2. The molecule has 0 spiro atoms. The van der Waals surface area contributed by atoms with Gasteiger partial charge in [-0.05, 0) is 19.3 Å². The van der Waals surface area contributed by atoms with E-state index in [-0.39, 0.29) is 65.6 Å². The summed E-state index contributed by atoms with van der Waals surface area (Å²) in [5, 5.41) is 10.2. The summed E-state index contributed by atoms with van der Waals surface area (Å²) in [7, 11) is 0. The monoisotopic (exact) mass is 699 g/mol. The lowest BCUT2D eigenvalue weighted by molar-refractivity contribution is -0.227. The normalized spacial score (nSPS) is 17.5. The highest BCUT2D eigenvalue weighted by molar-refractivity contribution is 6.44. The van der Waals surface area contributed by atoms with Gasteiger partial charge in [-0.3, -0.25) is 28.9 Å². The van der Waals surface area contributed by atoms with Crippen molar-refractivity contribution >= 4 is 35.1 Å². The molecule has 49 heavy (non-hydrogen) atoms. The molecule has 1 aliphatic heterocycles. The van der Waals surface area contributed by atoms with Crippen LogP contribution in [0, 0.1) is 0 Å². The van der Waals surface area contributed by atoms with E-state index in [1.807, 2.05) is 0 Å². The van der Waals surface area contributed by atoms with Crippen molar-refractivity contribution in [3.63, 3.8) is 0 Å². The second-order valence-corrected chi connectivity index (χ2v) is 12.4. The minimum Gasteiger partial charge on any atom is -0.480 e. The van der Waals surface area contributed by atoms with Crippen LogP contribution in [0.25, 0.3) is 0 Å². The van der Waals surface area contributed by atoms with Gasteiger partial charge in [0.25, 0.3) is 11.6 Å². The maximum absolute atomic E-state index is 13.5. The number of imide groups is 1. The number of Topliss-reactive ketones (excluding diaryl/α,β-unsaturated/α-hetero) is 3. The van der Waals surface area contributed by atoms with Crippen LogP contribution in [0.2, 0.25) is 0 Å². The van der Waals surface area contributed by atoms with Crippen molar-refractivity contribution in [3.8, 4) is 0 Å².